The predicted molar refractivity (Wildman–Crippen MR) is 153 cm³/mol. The molecule has 0 saturated carbocycles. The smallest absolute Gasteiger partial charge is 0.247 e. The summed E-state index contributed by atoms with van der Waals surface area (Å²) in [4.78, 5) is 50.0. The van der Waals surface area contributed by atoms with E-state index in [-0.39, 0.29) is 35.5 Å². The Kier molecular flexibility index (Phi) is 10.2. The summed E-state index contributed by atoms with van der Waals surface area (Å²) in [5.41, 5.74) is 0. The fraction of sp³-hybridized carbons (Fsp3) is 0.759. The summed E-state index contributed by atoms with van der Waals surface area (Å²) in [6, 6.07) is -0.610. The van der Waals surface area contributed by atoms with Crippen LogP contribution < -0.4 is 0 Å². The topological polar surface area (TPSA) is 93.6 Å². The van der Waals surface area contributed by atoms with Crippen LogP contribution in [0.25, 0.3) is 0 Å². The summed E-state index contributed by atoms with van der Waals surface area (Å²) >= 11 is 1.72. The first-order valence-electron chi connectivity index (χ1n) is 14.5. The van der Waals surface area contributed by atoms with Crippen molar-refractivity contribution in [3.8, 4) is 0 Å². The number of morpholine rings is 1. The lowest BCUT2D eigenvalue weighted by atomic mass is 9.65. The molecule has 4 fully saturated rings. The Morgan fingerprint density at radius 1 is 1.13 bits per heavy atom. The highest BCUT2D eigenvalue weighted by Crippen LogP contribution is 2.68. The van der Waals surface area contributed by atoms with Crippen LogP contribution >= 0.6 is 11.8 Å². The Labute approximate surface area is 237 Å². The van der Waals surface area contributed by atoms with Crippen LogP contribution in [0.5, 0.6) is 0 Å². The first kappa shape index (κ1) is 30.1. The van der Waals surface area contributed by atoms with Crippen LogP contribution in [0, 0.1) is 17.8 Å². The molecule has 4 aliphatic rings. The van der Waals surface area contributed by atoms with Gasteiger partial charge in [-0.3, -0.25) is 19.3 Å². The second kappa shape index (κ2) is 13.2. The normalized spacial score (nSPS) is 31.8. The maximum atomic E-state index is 14.5. The van der Waals surface area contributed by atoms with Gasteiger partial charge in [-0.15, -0.1) is 24.9 Å². The van der Waals surface area contributed by atoms with E-state index in [2.05, 4.69) is 25.0 Å². The summed E-state index contributed by atoms with van der Waals surface area (Å²) in [7, 11) is 1.77. The fourth-order valence-corrected chi connectivity index (χ4v) is 9.55. The molecule has 0 radical (unpaired) electrons. The lowest BCUT2D eigenvalue weighted by molar-refractivity contribution is -0.144. The van der Waals surface area contributed by atoms with Gasteiger partial charge in [0.1, 0.15) is 6.04 Å². The molecule has 0 aromatic carbocycles. The van der Waals surface area contributed by atoms with E-state index in [0.29, 0.717) is 52.2 Å². The number of carbonyl (C=O) groups is 3. The quantitative estimate of drug-likeness (QED) is 0.253. The molecule has 4 rings (SSSR count). The van der Waals surface area contributed by atoms with Crippen LogP contribution in [0.3, 0.4) is 0 Å². The molecule has 9 nitrogen and oxygen atoms in total. The van der Waals surface area contributed by atoms with E-state index in [1.165, 1.54) is 0 Å². The van der Waals surface area contributed by atoms with E-state index >= 15 is 0 Å². The average Bonchev–Trinajstić information content (AvgIpc) is 3.52. The Morgan fingerprint density at radius 2 is 1.85 bits per heavy atom. The molecule has 4 saturated heterocycles. The molecular weight excluding hydrogens is 516 g/mol. The van der Waals surface area contributed by atoms with Crippen LogP contribution in [0.15, 0.2) is 25.3 Å². The molecule has 2 bridgehead atoms. The van der Waals surface area contributed by atoms with Crippen molar-refractivity contribution in [1.29, 1.82) is 0 Å². The van der Waals surface area contributed by atoms with Crippen molar-refractivity contribution in [3.63, 3.8) is 0 Å². The molecule has 0 aromatic rings. The van der Waals surface area contributed by atoms with E-state index in [1.54, 1.807) is 40.8 Å². The average molecular weight is 563 g/mol. The Morgan fingerprint density at radius 3 is 2.51 bits per heavy atom. The van der Waals surface area contributed by atoms with Gasteiger partial charge in [0.2, 0.25) is 17.7 Å². The standard InChI is InChI=1S/C29H46N4O5S/c1-5-10-30(4)26(35)23-22-20-21(3)29(39-22)24(23)27(36)33(12-8-7-9-17-34)25(29)28(37)32(11-6-2)14-13-31-15-18-38-19-16-31/h5-6,21-25,34H,1-2,7-20H2,3-4H3/t21?,22-,23+,24+,25?,29?/m1/s1. The van der Waals surface area contributed by atoms with Gasteiger partial charge in [-0.2, -0.15) is 0 Å². The summed E-state index contributed by atoms with van der Waals surface area (Å²) in [6.07, 6.45) is 6.44. The van der Waals surface area contributed by atoms with Gasteiger partial charge in [-0.25, -0.2) is 0 Å². The number of thioether (sulfide) groups is 1. The molecule has 4 aliphatic heterocycles. The van der Waals surface area contributed by atoms with Gasteiger partial charge in [0.15, 0.2) is 0 Å². The monoisotopic (exact) mass is 562 g/mol. The van der Waals surface area contributed by atoms with Gasteiger partial charge >= 0.3 is 0 Å². The minimum atomic E-state index is -0.621. The van der Waals surface area contributed by atoms with Gasteiger partial charge in [0.25, 0.3) is 0 Å². The van der Waals surface area contributed by atoms with Crippen molar-refractivity contribution in [2.24, 2.45) is 17.8 Å². The van der Waals surface area contributed by atoms with Gasteiger partial charge in [-0.05, 0) is 31.6 Å². The Hall–Kier alpha value is -1.88. The number of hydrogen-bond acceptors (Lipinski definition) is 7. The van der Waals surface area contributed by atoms with Crippen LogP contribution in [-0.2, 0) is 19.1 Å². The maximum absolute atomic E-state index is 14.5. The molecule has 6 atom stereocenters. The maximum Gasteiger partial charge on any atom is 0.247 e. The third-order valence-corrected chi connectivity index (χ3v) is 11.1. The highest BCUT2D eigenvalue weighted by molar-refractivity contribution is 8.02. The number of rotatable bonds is 14. The first-order valence-corrected chi connectivity index (χ1v) is 15.3. The largest absolute Gasteiger partial charge is 0.396 e. The van der Waals surface area contributed by atoms with Crippen LogP contribution in [-0.4, -0.2) is 131 Å². The molecule has 39 heavy (non-hydrogen) atoms. The molecule has 3 unspecified atom stereocenters. The Balaban J connectivity index is 1.65. The lowest BCUT2D eigenvalue weighted by Crippen LogP contribution is -2.58. The number of aliphatic hydroxyl groups is 1. The minimum Gasteiger partial charge on any atom is -0.396 e. The van der Waals surface area contributed by atoms with E-state index in [0.717, 1.165) is 32.5 Å². The second-order valence-electron chi connectivity index (χ2n) is 11.4. The van der Waals surface area contributed by atoms with Crippen LogP contribution in [0.1, 0.15) is 32.6 Å². The Bertz CT molecular complexity index is 927. The SMILES string of the molecule is C=CCN(C)C(=O)[C@@H]1[C@H]2C(=O)N(CCCCCO)C(C(=O)N(CC=C)CCN3CCOCC3)C23S[C@@H]1CC3C. The molecule has 218 valence electrons. The number of ether oxygens (including phenoxy) is 1. The second-order valence-corrected chi connectivity index (χ2v) is 13.0. The summed E-state index contributed by atoms with van der Waals surface area (Å²) in [5, 5.41) is 9.31. The van der Waals surface area contributed by atoms with E-state index in [1.807, 2.05) is 4.90 Å². The third-order valence-electron chi connectivity index (χ3n) is 9.05. The van der Waals surface area contributed by atoms with E-state index < -0.39 is 22.6 Å². The van der Waals surface area contributed by atoms with Gasteiger partial charge in [-0.1, -0.05) is 19.1 Å². The number of nitrogens with zero attached hydrogens (tertiary/aromatic N) is 4. The highest BCUT2D eigenvalue weighted by atomic mass is 32.2. The predicted octanol–water partition coefficient (Wildman–Crippen LogP) is 1.48. The minimum absolute atomic E-state index is 0.0249. The van der Waals surface area contributed by atoms with E-state index in [4.69, 9.17) is 4.74 Å². The zero-order valence-corrected chi connectivity index (χ0v) is 24.4. The first-order chi connectivity index (χ1) is 18.8. The summed E-state index contributed by atoms with van der Waals surface area (Å²) < 4.78 is 4.86. The third kappa shape index (κ3) is 5.67. The molecule has 1 N–H and O–H groups in total. The van der Waals surface area contributed by atoms with Crippen molar-refractivity contribution >= 4 is 29.5 Å². The van der Waals surface area contributed by atoms with Crippen LogP contribution in [0.2, 0.25) is 0 Å². The van der Waals surface area contributed by atoms with E-state index in [9.17, 15) is 19.5 Å². The van der Waals surface area contributed by atoms with Crippen LogP contribution in [0.4, 0.5) is 0 Å². The zero-order valence-electron chi connectivity index (χ0n) is 23.6. The molecule has 4 heterocycles. The molecule has 10 heteroatoms. The molecule has 1 spiro atoms. The lowest BCUT2D eigenvalue weighted by Gasteiger charge is -2.41. The van der Waals surface area contributed by atoms with Crippen molar-refractivity contribution < 1.29 is 24.2 Å². The van der Waals surface area contributed by atoms with Crippen molar-refractivity contribution in [2.75, 3.05) is 72.7 Å². The number of aliphatic hydroxyl groups excluding tert-OH is 1. The summed E-state index contributed by atoms with van der Waals surface area (Å²) in [6.45, 7) is 15.6. The number of carbonyl (C=O) groups excluding carboxylic acids is 3. The van der Waals surface area contributed by atoms with Gasteiger partial charge in [0.05, 0.1) is 29.8 Å². The summed E-state index contributed by atoms with van der Waals surface area (Å²) in [5.74, 6) is -0.917. The molecule has 3 amide bonds. The molecule has 0 aliphatic carbocycles. The van der Waals surface area contributed by atoms with Crippen molar-refractivity contribution in [2.45, 2.75) is 48.6 Å². The fourth-order valence-electron chi connectivity index (χ4n) is 7.14. The van der Waals surface area contributed by atoms with Gasteiger partial charge in [0, 0.05) is 64.7 Å². The number of amides is 3. The zero-order chi connectivity index (χ0) is 28.2. The number of hydrogen-bond donors (Lipinski definition) is 1. The number of likely N-dealkylation sites (tertiary alicyclic amines) is 1. The molecule has 0 aromatic heterocycles. The number of likely N-dealkylation sites (N-methyl/N-ethyl adjacent to an activating group) is 1. The van der Waals surface area contributed by atoms with Crippen molar-refractivity contribution in [3.05, 3.63) is 25.3 Å². The molecular formula is C29H46N4O5S. The number of fused-ring (bicyclic) bond motifs is 1. The van der Waals surface area contributed by atoms with Crippen molar-refractivity contribution in [1.82, 2.24) is 19.6 Å². The highest BCUT2D eigenvalue weighted by Gasteiger charge is 2.76. The van der Waals surface area contributed by atoms with Gasteiger partial charge < -0.3 is 24.5 Å². The number of unbranched alkanes of at least 4 members (excludes halogenated alkanes) is 2.